The number of aryl methyl sites for hydroxylation is 2. The average Bonchev–Trinajstić information content (AvgIpc) is 3.13. The van der Waals surface area contributed by atoms with E-state index < -0.39 is 0 Å². The highest BCUT2D eigenvalue weighted by Gasteiger charge is 2.39. The average molecular weight is 255 g/mol. The summed E-state index contributed by atoms with van der Waals surface area (Å²) in [6, 6.07) is 7.30. The molecular formula is C18H25N. The molecule has 4 rings (SSSR count). The van der Waals surface area contributed by atoms with E-state index in [9.17, 15) is 0 Å². The van der Waals surface area contributed by atoms with Crippen LogP contribution in [0.2, 0.25) is 0 Å². The van der Waals surface area contributed by atoms with Gasteiger partial charge in [0.05, 0.1) is 0 Å². The van der Waals surface area contributed by atoms with Crippen LogP contribution >= 0.6 is 0 Å². The molecule has 2 bridgehead atoms. The molecule has 1 aromatic rings. The Balaban J connectivity index is 1.47. The van der Waals surface area contributed by atoms with Crippen LogP contribution in [0, 0.1) is 17.8 Å². The van der Waals surface area contributed by atoms with Gasteiger partial charge in [0, 0.05) is 6.04 Å². The minimum atomic E-state index is 0.273. The first-order valence-corrected chi connectivity index (χ1v) is 8.17. The first-order valence-electron chi connectivity index (χ1n) is 8.17. The van der Waals surface area contributed by atoms with Crippen molar-refractivity contribution in [2.75, 3.05) is 0 Å². The summed E-state index contributed by atoms with van der Waals surface area (Å²) >= 11 is 0. The van der Waals surface area contributed by atoms with Crippen molar-refractivity contribution >= 4 is 0 Å². The highest BCUT2D eigenvalue weighted by Crippen LogP contribution is 2.50. The molecule has 1 heteroatoms. The molecule has 0 spiro atoms. The zero-order valence-corrected chi connectivity index (χ0v) is 11.8. The Morgan fingerprint density at radius 1 is 1.11 bits per heavy atom. The first kappa shape index (κ1) is 12.0. The van der Waals surface area contributed by atoms with Gasteiger partial charge in [0.25, 0.3) is 0 Å². The first-order chi connectivity index (χ1) is 9.29. The molecule has 0 aliphatic heterocycles. The van der Waals surface area contributed by atoms with E-state index in [1.165, 1.54) is 56.9 Å². The van der Waals surface area contributed by atoms with Crippen LogP contribution < -0.4 is 5.73 Å². The van der Waals surface area contributed by atoms with Crippen molar-refractivity contribution in [2.45, 2.75) is 57.4 Å². The number of fused-ring (bicyclic) bond motifs is 3. The van der Waals surface area contributed by atoms with Crippen LogP contribution in [0.3, 0.4) is 0 Å². The topological polar surface area (TPSA) is 26.0 Å². The van der Waals surface area contributed by atoms with Gasteiger partial charge in [-0.05, 0) is 79.4 Å². The predicted octanol–water partition coefficient (Wildman–Crippen LogP) is 4.00. The van der Waals surface area contributed by atoms with E-state index >= 15 is 0 Å². The van der Waals surface area contributed by atoms with Crippen molar-refractivity contribution in [3.8, 4) is 0 Å². The SMILES string of the molecule is NC(CC1CC2CCC1C2)c1ccc2c(c1)CCC2. The number of nitrogens with two attached hydrogens (primary N) is 1. The van der Waals surface area contributed by atoms with Gasteiger partial charge in [-0.15, -0.1) is 0 Å². The Morgan fingerprint density at radius 3 is 2.79 bits per heavy atom. The number of rotatable bonds is 3. The molecule has 0 amide bonds. The molecule has 2 fully saturated rings. The molecule has 2 saturated carbocycles. The number of benzene rings is 1. The maximum Gasteiger partial charge on any atom is 0.0297 e. The lowest BCUT2D eigenvalue weighted by Crippen LogP contribution is -2.19. The summed E-state index contributed by atoms with van der Waals surface area (Å²) < 4.78 is 0. The third kappa shape index (κ3) is 2.12. The van der Waals surface area contributed by atoms with Gasteiger partial charge in [-0.2, -0.15) is 0 Å². The third-order valence-corrected chi connectivity index (χ3v) is 5.99. The van der Waals surface area contributed by atoms with E-state index in [4.69, 9.17) is 5.73 Å². The highest BCUT2D eigenvalue weighted by atomic mass is 14.6. The second-order valence-electron chi connectivity index (χ2n) is 7.16. The van der Waals surface area contributed by atoms with Gasteiger partial charge in [0.2, 0.25) is 0 Å². The van der Waals surface area contributed by atoms with E-state index in [1.54, 1.807) is 11.1 Å². The zero-order valence-electron chi connectivity index (χ0n) is 11.8. The van der Waals surface area contributed by atoms with E-state index in [0.717, 1.165) is 17.8 Å². The van der Waals surface area contributed by atoms with Crippen molar-refractivity contribution < 1.29 is 0 Å². The van der Waals surface area contributed by atoms with Gasteiger partial charge in [-0.25, -0.2) is 0 Å². The van der Waals surface area contributed by atoms with Gasteiger partial charge < -0.3 is 5.73 Å². The summed E-state index contributed by atoms with van der Waals surface area (Å²) in [5, 5.41) is 0. The normalized spacial score (nSPS) is 33.6. The third-order valence-electron chi connectivity index (χ3n) is 5.99. The fourth-order valence-corrected chi connectivity index (χ4v) is 4.95. The Kier molecular flexibility index (Phi) is 2.91. The Hall–Kier alpha value is -0.820. The van der Waals surface area contributed by atoms with Gasteiger partial charge in [0.1, 0.15) is 0 Å². The zero-order chi connectivity index (χ0) is 12.8. The molecule has 0 saturated heterocycles. The van der Waals surface area contributed by atoms with Gasteiger partial charge in [-0.1, -0.05) is 24.6 Å². The lowest BCUT2D eigenvalue weighted by Gasteiger charge is -2.25. The van der Waals surface area contributed by atoms with Crippen LogP contribution in [0.25, 0.3) is 0 Å². The monoisotopic (exact) mass is 255 g/mol. The quantitative estimate of drug-likeness (QED) is 0.868. The maximum absolute atomic E-state index is 6.50. The molecule has 0 aromatic heterocycles. The maximum atomic E-state index is 6.50. The molecule has 3 aliphatic rings. The van der Waals surface area contributed by atoms with Crippen molar-refractivity contribution in [1.82, 2.24) is 0 Å². The van der Waals surface area contributed by atoms with Gasteiger partial charge in [-0.3, -0.25) is 0 Å². The molecule has 4 atom stereocenters. The second kappa shape index (κ2) is 4.63. The minimum Gasteiger partial charge on any atom is -0.324 e. The summed E-state index contributed by atoms with van der Waals surface area (Å²) in [6.07, 6.45) is 11.0. The van der Waals surface area contributed by atoms with Crippen LogP contribution in [0.15, 0.2) is 18.2 Å². The fraction of sp³-hybridized carbons (Fsp3) is 0.667. The largest absolute Gasteiger partial charge is 0.324 e. The van der Waals surface area contributed by atoms with Crippen molar-refractivity contribution in [3.05, 3.63) is 34.9 Å². The van der Waals surface area contributed by atoms with Gasteiger partial charge in [0.15, 0.2) is 0 Å². The van der Waals surface area contributed by atoms with E-state index in [1.807, 2.05) is 0 Å². The number of hydrogen-bond donors (Lipinski definition) is 1. The molecule has 2 N–H and O–H groups in total. The Labute approximate surface area is 116 Å². The molecular weight excluding hydrogens is 230 g/mol. The van der Waals surface area contributed by atoms with E-state index in [0.29, 0.717) is 0 Å². The Morgan fingerprint density at radius 2 is 2.00 bits per heavy atom. The van der Waals surface area contributed by atoms with Crippen LogP contribution in [0.5, 0.6) is 0 Å². The molecule has 102 valence electrons. The molecule has 0 heterocycles. The molecule has 1 aromatic carbocycles. The van der Waals surface area contributed by atoms with Crippen LogP contribution in [-0.2, 0) is 12.8 Å². The standard InChI is InChI=1S/C18H25N/c19-18(11-17-9-12-4-5-15(17)8-12)16-7-6-13-2-1-3-14(13)10-16/h6-7,10,12,15,17-18H,1-5,8-9,11,19H2. The fourth-order valence-electron chi connectivity index (χ4n) is 4.95. The highest BCUT2D eigenvalue weighted by molar-refractivity contribution is 5.36. The van der Waals surface area contributed by atoms with Crippen LogP contribution in [0.4, 0.5) is 0 Å². The predicted molar refractivity (Wildman–Crippen MR) is 79.0 cm³/mol. The molecule has 19 heavy (non-hydrogen) atoms. The van der Waals surface area contributed by atoms with Crippen LogP contribution in [0.1, 0.15) is 61.3 Å². The smallest absolute Gasteiger partial charge is 0.0297 e. The summed E-state index contributed by atoms with van der Waals surface area (Å²) in [7, 11) is 0. The van der Waals surface area contributed by atoms with Crippen molar-refractivity contribution in [2.24, 2.45) is 23.5 Å². The number of hydrogen-bond acceptors (Lipinski definition) is 1. The van der Waals surface area contributed by atoms with Gasteiger partial charge >= 0.3 is 0 Å². The second-order valence-corrected chi connectivity index (χ2v) is 7.16. The summed E-state index contributed by atoms with van der Waals surface area (Å²) in [5.74, 6) is 2.97. The van der Waals surface area contributed by atoms with E-state index in [2.05, 4.69) is 18.2 Å². The van der Waals surface area contributed by atoms with E-state index in [-0.39, 0.29) is 6.04 Å². The Bertz CT molecular complexity index is 479. The molecule has 1 nitrogen and oxygen atoms in total. The van der Waals surface area contributed by atoms with Crippen molar-refractivity contribution in [3.63, 3.8) is 0 Å². The van der Waals surface area contributed by atoms with Crippen molar-refractivity contribution in [1.29, 1.82) is 0 Å². The summed E-state index contributed by atoms with van der Waals surface area (Å²) in [4.78, 5) is 0. The minimum absolute atomic E-state index is 0.273. The lowest BCUT2D eigenvalue weighted by atomic mass is 9.83. The summed E-state index contributed by atoms with van der Waals surface area (Å²) in [5.41, 5.74) is 11.0. The molecule has 0 radical (unpaired) electrons. The van der Waals surface area contributed by atoms with Crippen LogP contribution in [-0.4, -0.2) is 0 Å². The lowest BCUT2D eigenvalue weighted by molar-refractivity contribution is 0.296. The summed E-state index contributed by atoms with van der Waals surface area (Å²) in [6.45, 7) is 0. The molecule has 4 unspecified atom stereocenters. The molecule has 3 aliphatic carbocycles.